The first-order chi connectivity index (χ1) is 14.1. The van der Waals surface area contributed by atoms with E-state index in [-0.39, 0.29) is 12.4 Å². The van der Waals surface area contributed by atoms with E-state index >= 15 is 0 Å². The number of nitriles is 1. The second-order valence-corrected chi connectivity index (χ2v) is 6.17. The Morgan fingerprint density at radius 3 is 2.52 bits per heavy atom. The predicted molar refractivity (Wildman–Crippen MR) is 112 cm³/mol. The van der Waals surface area contributed by atoms with E-state index < -0.39 is 0 Å². The Hall–Kier alpha value is -3.27. The summed E-state index contributed by atoms with van der Waals surface area (Å²) >= 11 is 0. The summed E-state index contributed by atoms with van der Waals surface area (Å²) in [5.41, 5.74) is 1.94. The SMILES string of the molecule is CCOc1ccc(CCNC(=NC)NCc2cc(C#N)ccc2F)cc1OCC. The molecule has 0 spiro atoms. The third-order valence-electron chi connectivity index (χ3n) is 4.16. The van der Waals surface area contributed by atoms with Crippen molar-refractivity contribution in [2.24, 2.45) is 4.99 Å². The molecule has 0 aliphatic heterocycles. The maximum Gasteiger partial charge on any atom is 0.191 e. The molecule has 29 heavy (non-hydrogen) atoms. The number of halogens is 1. The Labute approximate surface area is 171 Å². The number of nitrogens with one attached hydrogen (secondary N) is 2. The molecule has 2 rings (SSSR count). The minimum Gasteiger partial charge on any atom is -0.490 e. The van der Waals surface area contributed by atoms with Crippen molar-refractivity contribution in [3.05, 3.63) is 58.9 Å². The Morgan fingerprint density at radius 1 is 1.07 bits per heavy atom. The minimum atomic E-state index is -0.357. The number of guanidine groups is 1. The van der Waals surface area contributed by atoms with Gasteiger partial charge in [-0.25, -0.2) is 4.39 Å². The summed E-state index contributed by atoms with van der Waals surface area (Å²) in [4.78, 5) is 4.15. The lowest BCUT2D eigenvalue weighted by atomic mass is 10.1. The van der Waals surface area contributed by atoms with Gasteiger partial charge in [0, 0.05) is 25.7 Å². The Bertz CT molecular complexity index is 878. The van der Waals surface area contributed by atoms with Crippen LogP contribution in [0.5, 0.6) is 11.5 Å². The molecular weight excluding hydrogens is 371 g/mol. The molecule has 0 fully saturated rings. The van der Waals surface area contributed by atoms with E-state index in [4.69, 9.17) is 14.7 Å². The van der Waals surface area contributed by atoms with E-state index in [1.807, 2.05) is 38.1 Å². The van der Waals surface area contributed by atoms with E-state index in [1.165, 1.54) is 18.2 Å². The maximum absolute atomic E-state index is 13.9. The summed E-state index contributed by atoms with van der Waals surface area (Å²) < 4.78 is 25.1. The molecule has 154 valence electrons. The fraction of sp³-hybridized carbons (Fsp3) is 0.364. The second kappa shape index (κ2) is 11.5. The van der Waals surface area contributed by atoms with Crippen molar-refractivity contribution in [1.29, 1.82) is 5.26 Å². The van der Waals surface area contributed by atoms with Crippen LogP contribution in [0.3, 0.4) is 0 Å². The zero-order valence-electron chi connectivity index (χ0n) is 17.1. The van der Waals surface area contributed by atoms with Gasteiger partial charge in [-0.15, -0.1) is 0 Å². The highest BCUT2D eigenvalue weighted by Crippen LogP contribution is 2.28. The highest BCUT2D eigenvalue weighted by molar-refractivity contribution is 5.79. The van der Waals surface area contributed by atoms with Crippen molar-refractivity contribution in [1.82, 2.24) is 10.6 Å². The number of benzene rings is 2. The quantitative estimate of drug-likeness (QED) is 0.500. The van der Waals surface area contributed by atoms with Crippen LogP contribution in [0.25, 0.3) is 0 Å². The number of aliphatic imine (C=N–C) groups is 1. The first-order valence-electron chi connectivity index (χ1n) is 9.62. The minimum absolute atomic E-state index is 0.235. The van der Waals surface area contributed by atoms with Gasteiger partial charge in [0.15, 0.2) is 17.5 Å². The molecule has 0 amide bonds. The highest BCUT2D eigenvalue weighted by Gasteiger charge is 2.08. The van der Waals surface area contributed by atoms with Gasteiger partial charge in [0.25, 0.3) is 0 Å². The average molecular weight is 398 g/mol. The fourth-order valence-corrected chi connectivity index (χ4v) is 2.76. The number of hydrogen-bond acceptors (Lipinski definition) is 4. The zero-order valence-corrected chi connectivity index (χ0v) is 17.1. The predicted octanol–water partition coefficient (Wildman–Crippen LogP) is 3.40. The molecule has 2 aromatic rings. The number of rotatable bonds is 9. The first-order valence-corrected chi connectivity index (χ1v) is 9.62. The van der Waals surface area contributed by atoms with Gasteiger partial charge in [-0.3, -0.25) is 4.99 Å². The van der Waals surface area contributed by atoms with Crippen molar-refractivity contribution in [3.8, 4) is 17.6 Å². The normalized spacial score (nSPS) is 10.9. The summed E-state index contributed by atoms with van der Waals surface area (Å²) in [6, 6.07) is 12.2. The third-order valence-corrected chi connectivity index (χ3v) is 4.16. The Balaban J connectivity index is 1.90. The van der Waals surface area contributed by atoms with E-state index in [1.54, 1.807) is 7.05 Å². The lowest BCUT2D eigenvalue weighted by Gasteiger charge is -2.14. The number of ether oxygens (including phenoxy) is 2. The van der Waals surface area contributed by atoms with Gasteiger partial charge in [-0.05, 0) is 56.2 Å². The molecule has 6 nitrogen and oxygen atoms in total. The van der Waals surface area contributed by atoms with E-state index in [0.717, 1.165) is 23.5 Å². The van der Waals surface area contributed by atoms with Crippen molar-refractivity contribution in [3.63, 3.8) is 0 Å². The molecule has 0 saturated heterocycles. The maximum atomic E-state index is 13.9. The van der Waals surface area contributed by atoms with Crippen LogP contribution in [0.2, 0.25) is 0 Å². The second-order valence-electron chi connectivity index (χ2n) is 6.17. The van der Waals surface area contributed by atoms with Gasteiger partial charge >= 0.3 is 0 Å². The molecule has 0 aromatic heterocycles. The summed E-state index contributed by atoms with van der Waals surface area (Å²) in [5.74, 6) is 1.68. The molecule has 0 unspecified atom stereocenters. The Kier molecular flexibility index (Phi) is 8.77. The molecule has 2 aromatic carbocycles. The molecular formula is C22H27FN4O2. The van der Waals surface area contributed by atoms with E-state index in [9.17, 15) is 4.39 Å². The Morgan fingerprint density at radius 2 is 1.83 bits per heavy atom. The van der Waals surface area contributed by atoms with Gasteiger partial charge in [0.1, 0.15) is 5.82 Å². The molecule has 0 aliphatic rings. The average Bonchev–Trinajstić information content (AvgIpc) is 2.73. The lowest BCUT2D eigenvalue weighted by Crippen LogP contribution is -2.38. The molecule has 7 heteroatoms. The van der Waals surface area contributed by atoms with Crippen LogP contribution < -0.4 is 20.1 Å². The topological polar surface area (TPSA) is 78.7 Å². The molecule has 0 heterocycles. The first kappa shape index (κ1) is 22.0. The van der Waals surface area contributed by atoms with Crippen molar-refractivity contribution >= 4 is 5.96 Å². The lowest BCUT2D eigenvalue weighted by molar-refractivity contribution is 0.287. The standard InChI is InChI=1S/C22H27FN4O2/c1-4-28-20-9-7-16(13-21(20)29-5-2)10-11-26-22(25-3)27-15-18-12-17(14-24)6-8-19(18)23/h6-9,12-13H,4-5,10-11,15H2,1-3H3,(H2,25,26,27). The number of hydrogen-bond donors (Lipinski definition) is 2. The van der Waals surface area contributed by atoms with Crippen LogP contribution in [0.4, 0.5) is 4.39 Å². The molecule has 0 atom stereocenters. The van der Waals surface area contributed by atoms with Gasteiger partial charge in [0.2, 0.25) is 0 Å². The van der Waals surface area contributed by atoms with Crippen LogP contribution in [0.15, 0.2) is 41.4 Å². The van der Waals surface area contributed by atoms with E-state index in [0.29, 0.717) is 36.8 Å². The molecule has 0 radical (unpaired) electrons. The van der Waals surface area contributed by atoms with Gasteiger partial charge < -0.3 is 20.1 Å². The number of nitrogens with zero attached hydrogens (tertiary/aromatic N) is 2. The van der Waals surface area contributed by atoms with Crippen molar-refractivity contribution in [2.75, 3.05) is 26.8 Å². The van der Waals surface area contributed by atoms with Crippen LogP contribution >= 0.6 is 0 Å². The van der Waals surface area contributed by atoms with Gasteiger partial charge in [-0.2, -0.15) is 5.26 Å². The van der Waals surface area contributed by atoms with Crippen molar-refractivity contribution in [2.45, 2.75) is 26.8 Å². The summed E-state index contributed by atoms with van der Waals surface area (Å²) in [6.07, 6.45) is 0.755. The molecule has 2 N–H and O–H groups in total. The molecule has 0 saturated carbocycles. The largest absolute Gasteiger partial charge is 0.490 e. The van der Waals surface area contributed by atoms with Crippen LogP contribution in [-0.4, -0.2) is 32.8 Å². The summed E-state index contributed by atoms with van der Waals surface area (Å²) in [6.45, 7) is 5.91. The molecule has 0 aliphatic carbocycles. The molecule has 0 bridgehead atoms. The van der Waals surface area contributed by atoms with E-state index in [2.05, 4.69) is 15.6 Å². The third kappa shape index (κ3) is 6.68. The highest BCUT2D eigenvalue weighted by atomic mass is 19.1. The fourth-order valence-electron chi connectivity index (χ4n) is 2.76. The smallest absolute Gasteiger partial charge is 0.191 e. The monoisotopic (exact) mass is 398 g/mol. The van der Waals surface area contributed by atoms with Crippen LogP contribution in [0, 0.1) is 17.1 Å². The van der Waals surface area contributed by atoms with Crippen LogP contribution in [0.1, 0.15) is 30.5 Å². The summed E-state index contributed by atoms with van der Waals surface area (Å²) in [5, 5.41) is 15.2. The summed E-state index contributed by atoms with van der Waals surface area (Å²) in [7, 11) is 1.65. The van der Waals surface area contributed by atoms with Gasteiger partial charge in [0.05, 0.1) is 24.8 Å². The zero-order chi connectivity index (χ0) is 21.1. The van der Waals surface area contributed by atoms with Gasteiger partial charge in [-0.1, -0.05) is 6.07 Å². The van der Waals surface area contributed by atoms with Crippen molar-refractivity contribution < 1.29 is 13.9 Å². The van der Waals surface area contributed by atoms with Crippen LogP contribution in [-0.2, 0) is 13.0 Å².